The van der Waals surface area contributed by atoms with E-state index in [0.29, 0.717) is 24.5 Å². The first-order valence-corrected chi connectivity index (χ1v) is 7.65. The van der Waals surface area contributed by atoms with Crippen LogP contribution in [0.25, 0.3) is 0 Å². The number of benzene rings is 2. The van der Waals surface area contributed by atoms with Gasteiger partial charge < -0.3 is 20.1 Å². The zero-order valence-electron chi connectivity index (χ0n) is 13.4. The van der Waals surface area contributed by atoms with Crippen molar-refractivity contribution in [3.8, 4) is 11.5 Å². The number of ether oxygens (including phenoxy) is 2. The van der Waals surface area contributed by atoms with Gasteiger partial charge in [0.05, 0.1) is 14.2 Å². The van der Waals surface area contributed by atoms with E-state index in [1.54, 1.807) is 14.2 Å². The Morgan fingerprint density at radius 1 is 1.04 bits per heavy atom. The van der Waals surface area contributed by atoms with Crippen molar-refractivity contribution < 1.29 is 18.3 Å². The van der Waals surface area contributed by atoms with Gasteiger partial charge in [0.25, 0.3) is 0 Å². The Balaban J connectivity index is 1.89. The first-order valence-electron chi connectivity index (χ1n) is 7.25. The molecule has 7 heteroatoms. The van der Waals surface area contributed by atoms with Gasteiger partial charge in [-0.2, -0.15) is 0 Å². The van der Waals surface area contributed by atoms with Gasteiger partial charge in [0.2, 0.25) is 0 Å². The summed E-state index contributed by atoms with van der Waals surface area (Å²) >= 11 is 5.06. The van der Waals surface area contributed by atoms with Crippen molar-refractivity contribution in [3.63, 3.8) is 0 Å². The van der Waals surface area contributed by atoms with Gasteiger partial charge in [0, 0.05) is 6.54 Å². The van der Waals surface area contributed by atoms with E-state index in [9.17, 15) is 8.78 Å². The molecule has 2 rings (SSSR count). The van der Waals surface area contributed by atoms with Gasteiger partial charge in [0.1, 0.15) is 17.3 Å². The molecule has 2 aromatic rings. The van der Waals surface area contributed by atoms with E-state index >= 15 is 0 Å². The molecule has 128 valence electrons. The van der Waals surface area contributed by atoms with Crippen molar-refractivity contribution in [1.29, 1.82) is 0 Å². The summed E-state index contributed by atoms with van der Waals surface area (Å²) in [6.07, 6.45) is 0.655. The third-order valence-corrected chi connectivity index (χ3v) is 3.59. The van der Waals surface area contributed by atoms with Gasteiger partial charge in [-0.3, -0.25) is 0 Å². The van der Waals surface area contributed by atoms with Crippen molar-refractivity contribution in [2.45, 2.75) is 6.42 Å². The number of anilines is 1. The molecule has 0 atom stereocenters. The third kappa shape index (κ3) is 4.55. The minimum Gasteiger partial charge on any atom is -0.493 e. The molecule has 0 aliphatic heterocycles. The maximum atomic E-state index is 13.5. The molecule has 24 heavy (non-hydrogen) atoms. The molecule has 0 aliphatic rings. The number of hydrogen-bond acceptors (Lipinski definition) is 3. The first-order chi connectivity index (χ1) is 11.5. The van der Waals surface area contributed by atoms with Gasteiger partial charge in [-0.25, -0.2) is 8.78 Å². The molecule has 0 aromatic heterocycles. The number of halogens is 2. The number of rotatable bonds is 6. The fourth-order valence-electron chi connectivity index (χ4n) is 2.13. The summed E-state index contributed by atoms with van der Waals surface area (Å²) in [5, 5.41) is 5.60. The Labute approximate surface area is 144 Å². The molecular weight excluding hydrogens is 334 g/mol. The third-order valence-electron chi connectivity index (χ3n) is 3.35. The number of methoxy groups -OCH3 is 2. The molecule has 0 heterocycles. The van der Waals surface area contributed by atoms with E-state index in [2.05, 4.69) is 10.6 Å². The quantitative estimate of drug-likeness (QED) is 0.779. The van der Waals surface area contributed by atoms with Gasteiger partial charge >= 0.3 is 0 Å². The second-order valence-electron chi connectivity index (χ2n) is 4.92. The highest BCUT2D eigenvalue weighted by Gasteiger charge is 2.09. The molecular formula is C17H18F2N2O2S. The molecule has 4 nitrogen and oxygen atoms in total. The average Bonchev–Trinajstić information content (AvgIpc) is 2.58. The van der Waals surface area contributed by atoms with Crippen molar-refractivity contribution in [3.05, 3.63) is 53.6 Å². The molecule has 0 spiro atoms. The van der Waals surface area contributed by atoms with Crippen LogP contribution >= 0.6 is 12.2 Å². The Morgan fingerprint density at radius 3 is 2.33 bits per heavy atom. The maximum absolute atomic E-state index is 13.5. The van der Waals surface area contributed by atoms with Crippen LogP contribution in [0.5, 0.6) is 11.5 Å². The lowest BCUT2D eigenvalue weighted by Gasteiger charge is -2.13. The molecule has 0 saturated heterocycles. The minimum absolute atomic E-state index is 0.152. The van der Waals surface area contributed by atoms with Crippen molar-refractivity contribution in [1.82, 2.24) is 5.32 Å². The number of thiocarbonyl (C=S) groups is 1. The van der Waals surface area contributed by atoms with Gasteiger partial charge in [-0.05, 0) is 48.5 Å². The summed E-state index contributed by atoms with van der Waals surface area (Å²) in [5.41, 5.74) is 0.751. The zero-order valence-corrected chi connectivity index (χ0v) is 14.2. The average molecular weight is 352 g/mol. The topological polar surface area (TPSA) is 42.5 Å². The normalized spacial score (nSPS) is 10.2. The van der Waals surface area contributed by atoms with E-state index < -0.39 is 11.6 Å². The van der Waals surface area contributed by atoms with Crippen molar-refractivity contribution >= 4 is 23.0 Å². The van der Waals surface area contributed by atoms with Crippen LogP contribution in [-0.2, 0) is 6.42 Å². The monoisotopic (exact) mass is 352 g/mol. The fourth-order valence-corrected chi connectivity index (χ4v) is 2.34. The Hall–Kier alpha value is -2.41. The Bertz CT molecular complexity index is 705. The lowest BCUT2D eigenvalue weighted by Crippen LogP contribution is -2.30. The second-order valence-corrected chi connectivity index (χ2v) is 5.33. The molecule has 0 aliphatic carbocycles. The van der Waals surface area contributed by atoms with Crippen molar-refractivity contribution in [2.24, 2.45) is 0 Å². The minimum atomic E-state index is -0.695. The summed E-state index contributed by atoms with van der Waals surface area (Å²) in [7, 11) is 3.15. The predicted octanol–water partition coefficient (Wildman–Crippen LogP) is 3.51. The van der Waals surface area contributed by atoms with Gasteiger partial charge in [-0.1, -0.05) is 12.1 Å². The van der Waals surface area contributed by atoms with Crippen LogP contribution in [0.3, 0.4) is 0 Å². The molecule has 0 bridgehead atoms. The second kappa shape index (κ2) is 8.44. The van der Waals surface area contributed by atoms with E-state index in [4.69, 9.17) is 21.7 Å². The fraction of sp³-hybridized carbons (Fsp3) is 0.235. The molecule has 0 saturated carbocycles. The molecule has 0 amide bonds. The number of hydrogen-bond donors (Lipinski definition) is 2. The molecule has 0 unspecified atom stereocenters. The SMILES string of the molecule is COc1ccc(CCNC(=S)Nc2c(F)cccc2F)cc1OC. The lowest BCUT2D eigenvalue weighted by molar-refractivity contribution is 0.354. The van der Waals surface area contributed by atoms with Crippen molar-refractivity contribution in [2.75, 3.05) is 26.1 Å². The number of nitrogens with one attached hydrogen (secondary N) is 2. The van der Waals surface area contributed by atoms with Crippen LogP contribution < -0.4 is 20.1 Å². The molecule has 0 radical (unpaired) electrons. The van der Waals surface area contributed by atoms with Gasteiger partial charge in [-0.15, -0.1) is 0 Å². The summed E-state index contributed by atoms with van der Waals surface area (Å²) in [6.45, 7) is 0.497. The summed E-state index contributed by atoms with van der Waals surface area (Å²) in [4.78, 5) is 0. The van der Waals surface area contributed by atoms with E-state index in [1.165, 1.54) is 6.07 Å². The van der Waals surface area contributed by atoms with E-state index in [0.717, 1.165) is 17.7 Å². The van der Waals surface area contributed by atoms with Crippen LogP contribution in [0.2, 0.25) is 0 Å². The first kappa shape index (κ1) is 17.9. The summed E-state index contributed by atoms with van der Waals surface area (Å²) < 4.78 is 37.5. The van der Waals surface area contributed by atoms with Gasteiger partial charge in [0.15, 0.2) is 16.6 Å². The predicted molar refractivity (Wildman–Crippen MR) is 93.8 cm³/mol. The Morgan fingerprint density at radius 2 is 1.71 bits per heavy atom. The van der Waals surface area contributed by atoms with E-state index in [1.807, 2.05) is 18.2 Å². The van der Waals surface area contributed by atoms with Crippen LogP contribution in [0.1, 0.15) is 5.56 Å². The largest absolute Gasteiger partial charge is 0.493 e. The summed E-state index contributed by atoms with van der Waals surface area (Å²) in [6, 6.07) is 9.22. The highest BCUT2D eigenvalue weighted by atomic mass is 32.1. The molecule has 2 aromatic carbocycles. The van der Waals surface area contributed by atoms with E-state index in [-0.39, 0.29) is 10.8 Å². The van der Waals surface area contributed by atoms with Crippen LogP contribution in [0, 0.1) is 11.6 Å². The summed E-state index contributed by atoms with van der Waals surface area (Å²) in [5.74, 6) is -0.0939. The maximum Gasteiger partial charge on any atom is 0.170 e. The lowest BCUT2D eigenvalue weighted by atomic mass is 10.1. The van der Waals surface area contributed by atoms with Crippen LogP contribution in [0.4, 0.5) is 14.5 Å². The molecule has 2 N–H and O–H groups in total. The highest BCUT2D eigenvalue weighted by molar-refractivity contribution is 7.80. The molecule has 0 fully saturated rings. The van der Waals surface area contributed by atoms with Crippen LogP contribution in [0.15, 0.2) is 36.4 Å². The highest BCUT2D eigenvalue weighted by Crippen LogP contribution is 2.27. The van der Waals surface area contributed by atoms with Crippen LogP contribution in [-0.4, -0.2) is 25.9 Å². The number of para-hydroxylation sites is 1. The Kier molecular flexibility index (Phi) is 6.31. The smallest absolute Gasteiger partial charge is 0.170 e. The zero-order chi connectivity index (χ0) is 17.5. The standard InChI is InChI=1S/C17H18F2N2O2S/c1-22-14-7-6-11(10-15(14)23-2)8-9-20-17(24)21-16-12(18)4-3-5-13(16)19/h3-7,10H,8-9H2,1-2H3,(H2,20,21,24).